The van der Waals surface area contributed by atoms with E-state index in [0.717, 1.165) is 22.6 Å². The van der Waals surface area contributed by atoms with E-state index in [1.54, 1.807) is 6.92 Å². The molecule has 0 atom stereocenters. The molecule has 0 aliphatic heterocycles. The number of carbonyl (C=O) groups is 1. The largest absolute Gasteiger partial charge is 0.466 e. The van der Waals surface area contributed by atoms with Gasteiger partial charge < -0.3 is 9.73 Å². The predicted molar refractivity (Wildman–Crippen MR) is 76.9 cm³/mol. The Balaban J connectivity index is 2.31. The number of carbonyl (C=O) groups excluding carboxylic acids is 1. The van der Waals surface area contributed by atoms with Gasteiger partial charge in [-0.25, -0.2) is 0 Å². The number of hydrogen-bond acceptors (Lipinski definition) is 2. The molecule has 3 nitrogen and oxygen atoms in total. The van der Waals surface area contributed by atoms with Crippen molar-refractivity contribution >= 4 is 23.2 Å². The van der Waals surface area contributed by atoms with Gasteiger partial charge in [0.25, 0.3) is 5.91 Å². The highest BCUT2D eigenvalue weighted by Crippen LogP contribution is 2.23. The summed E-state index contributed by atoms with van der Waals surface area (Å²) in [6.45, 7) is 5.53. The highest BCUT2D eigenvalue weighted by Gasteiger charge is 2.19. The first-order valence-electron chi connectivity index (χ1n) is 6.06. The maximum absolute atomic E-state index is 12.3. The molecule has 0 aliphatic rings. The summed E-state index contributed by atoms with van der Waals surface area (Å²) in [5.74, 6) is 1.60. The fourth-order valence-corrected chi connectivity index (χ4v) is 2.30. The minimum atomic E-state index is -0.163. The van der Waals surface area contributed by atoms with Gasteiger partial charge in [-0.1, -0.05) is 18.2 Å². The zero-order chi connectivity index (χ0) is 14.0. The monoisotopic (exact) mass is 277 g/mol. The van der Waals surface area contributed by atoms with Crippen molar-refractivity contribution in [3.8, 4) is 0 Å². The van der Waals surface area contributed by atoms with Crippen LogP contribution < -0.4 is 5.32 Å². The molecule has 0 unspecified atom stereocenters. The molecule has 0 spiro atoms. The van der Waals surface area contributed by atoms with Gasteiger partial charge in [-0.2, -0.15) is 0 Å². The van der Waals surface area contributed by atoms with Gasteiger partial charge in [0.05, 0.1) is 5.56 Å². The zero-order valence-electron chi connectivity index (χ0n) is 11.2. The molecule has 0 saturated heterocycles. The first-order chi connectivity index (χ1) is 9.04. The van der Waals surface area contributed by atoms with E-state index >= 15 is 0 Å². The highest BCUT2D eigenvalue weighted by atomic mass is 35.5. The van der Waals surface area contributed by atoms with Crippen molar-refractivity contribution in [2.75, 3.05) is 5.32 Å². The standard InChI is InChI=1S/C15H16ClNO2/c1-9-10(2)19-11(3)14(9)15(18)17-13-7-5-4-6-12(13)8-16/h4-7H,8H2,1-3H3,(H,17,18). The maximum atomic E-state index is 12.3. The number of benzene rings is 1. The van der Waals surface area contributed by atoms with Crippen LogP contribution in [0, 0.1) is 20.8 Å². The summed E-state index contributed by atoms with van der Waals surface area (Å²) in [5, 5.41) is 2.89. The Morgan fingerprint density at radius 3 is 2.47 bits per heavy atom. The number of furan rings is 1. The third-order valence-electron chi connectivity index (χ3n) is 3.20. The first kappa shape index (κ1) is 13.7. The van der Waals surface area contributed by atoms with Gasteiger partial charge in [-0.3, -0.25) is 4.79 Å². The molecule has 1 amide bonds. The number of nitrogens with one attached hydrogen (secondary N) is 1. The summed E-state index contributed by atoms with van der Waals surface area (Å²) < 4.78 is 5.47. The molecule has 2 aromatic rings. The highest BCUT2D eigenvalue weighted by molar-refractivity contribution is 6.17. The molecule has 0 fully saturated rings. The van der Waals surface area contributed by atoms with E-state index in [1.165, 1.54) is 0 Å². The maximum Gasteiger partial charge on any atom is 0.259 e. The number of para-hydroxylation sites is 1. The molecule has 100 valence electrons. The second-order valence-electron chi connectivity index (χ2n) is 4.46. The lowest BCUT2D eigenvalue weighted by Gasteiger charge is -2.09. The molecular formula is C15H16ClNO2. The van der Waals surface area contributed by atoms with E-state index in [1.807, 2.05) is 38.1 Å². The summed E-state index contributed by atoms with van der Waals surface area (Å²) in [4.78, 5) is 12.3. The van der Waals surface area contributed by atoms with E-state index in [9.17, 15) is 4.79 Å². The fraction of sp³-hybridized carbons (Fsp3) is 0.267. The van der Waals surface area contributed by atoms with E-state index in [4.69, 9.17) is 16.0 Å². The molecule has 0 aliphatic carbocycles. The minimum Gasteiger partial charge on any atom is -0.466 e. The second kappa shape index (κ2) is 5.49. The third kappa shape index (κ3) is 2.66. The quantitative estimate of drug-likeness (QED) is 0.855. The van der Waals surface area contributed by atoms with E-state index in [-0.39, 0.29) is 5.91 Å². The van der Waals surface area contributed by atoms with Crippen LogP contribution in [0.15, 0.2) is 28.7 Å². The number of alkyl halides is 1. The van der Waals surface area contributed by atoms with Gasteiger partial charge >= 0.3 is 0 Å². The molecule has 0 saturated carbocycles. The lowest BCUT2D eigenvalue weighted by molar-refractivity contribution is 0.102. The minimum absolute atomic E-state index is 0.163. The van der Waals surface area contributed by atoms with Crippen molar-refractivity contribution in [3.63, 3.8) is 0 Å². The Kier molecular flexibility index (Phi) is 3.96. The van der Waals surface area contributed by atoms with Gasteiger partial charge in [0.1, 0.15) is 11.5 Å². The molecule has 2 rings (SSSR count). The van der Waals surface area contributed by atoms with Crippen LogP contribution in [0.3, 0.4) is 0 Å². The number of anilines is 1. The molecule has 0 radical (unpaired) electrons. The molecule has 19 heavy (non-hydrogen) atoms. The van der Waals surface area contributed by atoms with Gasteiger partial charge in [0, 0.05) is 17.1 Å². The molecule has 1 aromatic heterocycles. The van der Waals surface area contributed by atoms with Crippen LogP contribution in [0.5, 0.6) is 0 Å². The first-order valence-corrected chi connectivity index (χ1v) is 6.60. The molecule has 0 bridgehead atoms. The zero-order valence-corrected chi connectivity index (χ0v) is 12.0. The number of hydrogen-bond donors (Lipinski definition) is 1. The van der Waals surface area contributed by atoms with Crippen molar-refractivity contribution in [2.24, 2.45) is 0 Å². The Labute approximate surface area is 117 Å². The molecule has 4 heteroatoms. The van der Waals surface area contributed by atoms with Gasteiger partial charge in [-0.05, 0) is 32.4 Å². The predicted octanol–water partition coefficient (Wildman–Crippen LogP) is 4.20. The lowest BCUT2D eigenvalue weighted by atomic mass is 10.1. The smallest absolute Gasteiger partial charge is 0.259 e. The normalized spacial score (nSPS) is 10.5. The lowest BCUT2D eigenvalue weighted by Crippen LogP contribution is -2.14. The van der Waals surface area contributed by atoms with Gasteiger partial charge in [0.2, 0.25) is 0 Å². The Morgan fingerprint density at radius 2 is 1.89 bits per heavy atom. The topological polar surface area (TPSA) is 42.2 Å². The van der Waals surface area contributed by atoms with E-state index in [0.29, 0.717) is 17.2 Å². The van der Waals surface area contributed by atoms with Crippen molar-refractivity contribution in [1.82, 2.24) is 0 Å². The number of halogens is 1. The average Bonchev–Trinajstić information content (AvgIpc) is 2.64. The number of amides is 1. The Hall–Kier alpha value is -1.74. The summed E-state index contributed by atoms with van der Waals surface area (Å²) >= 11 is 5.86. The fourth-order valence-electron chi connectivity index (χ4n) is 2.07. The van der Waals surface area contributed by atoms with Crippen LogP contribution >= 0.6 is 11.6 Å². The van der Waals surface area contributed by atoms with Crippen LogP contribution in [-0.2, 0) is 5.88 Å². The summed E-state index contributed by atoms with van der Waals surface area (Å²) in [6.07, 6.45) is 0. The SMILES string of the molecule is Cc1oc(C)c(C(=O)Nc2ccccc2CCl)c1C. The van der Waals surface area contributed by atoms with Crippen molar-refractivity contribution in [1.29, 1.82) is 0 Å². The van der Waals surface area contributed by atoms with Crippen LogP contribution in [-0.4, -0.2) is 5.91 Å². The second-order valence-corrected chi connectivity index (χ2v) is 4.73. The van der Waals surface area contributed by atoms with Crippen LogP contribution in [0.2, 0.25) is 0 Å². The van der Waals surface area contributed by atoms with Crippen molar-refractivity contribution in [2.45, 2.75) is 26.7 Å². The summed E-state index contributed by atoms with van der Waals surface area (Å²) in [5.41, 5.74) is 3.11. The van der Waals surface area contributed by atoms with Crippen LogP contribution in [0.4, 0.5) is 5.69 Å². The van der Waals surface area contributed by atoms with Crippen molar-refractivity contribution in [3.05, 3.63) is 52.5 Å². The Morgan fingerprint density at radius 1 is 1.21 bits per heavy atom. The average molecular weight is 278 g/mol. The molecular weight excluding hydrogens is 262 g/mol. The molecule has 1 N–H and O–H groups in total. The summed E-state index contributed by atoms with van der Waals surface area (Å²) in [6, 6.07) is 7.49. The number of rotatable bonds is 3. The Bertz CT molecular complexity index is 617. The van der Waals surface area contributed by atoms with Crippen LogP contribution in [0.1, 0.15) is 33.0 Å². The summed E-state index contributed by atoms with van der Waals surface area (Å²) in [7, 11) is 0. The van der Waals surface area contributed by atoms with Gasteiger partial charge in [-0.15, -0.1) is 11.6 Å². The van der Waals surface area contributed by atoms with Gasteiger partial charge in [0.15, 0.2) is 0 Å². The van der Waals surface area contributed by atoms with E-state index in [2.05, 4.69) is 5.32 Å². The third-order valence-corrected chi connectivity index (χ3v) is 3.49. The molecule has 1 heterocycles. The van der Waals surface area contributed by atoms with E-state index < -0.39 is 0 Å². The van der Waals surface area contributed by atoms with Crippen LogP contribution in [0.25, 0.3) is 0 Å². The number of aryl methyl sites for hydroxylation is 2. The molecule has 1 aromatic carbocycles. The van der Waals surface area contributed by atoms with Crippen molar-refractivity contribution < 1.29 is 9.21 Å².